The van der Waals surface area contributed by atoms with Gasteiger partial charge in [-0.05, 0) is 23.4 Å². The number of hydrogen-bond donors (Lipinski definition) is 1. The first kappa shape index (κ1) is 13.4. The molecule has 0 bridgehead atoms. The average Bonchev–Trinajstić information content (AvgIpc) is 2.75. The highest BCUT2D eigenvalue weighted by atomic mass is 32.2. The lowest BCUT2D eigenvalue weighted by Gasteiger charge is -2.12. The van der Waals surface area contributed by atoms with E-state index in [1.54, 1.807) is 7.05 Å². The zero-order chi connectivity index (χ0) is 14.2. The molecule has 2 rings (SSSR count). The summed E-state index contributed by atoms with van der Waals surface area (Å²) in [6.07, 6.45) is 0. The van der Waals surface area contributed by atoms with Gasteiger partial charge in [0, 0.05) is 25.3 Å². The Kier molecular flexibility index (Phi) is 3.25. The van der Waals surface area contributed by atoms with Gasteiger partial charge in [0.15, 0.2) is 0 Å². The van der Waals surface area contributed by atoms with Crippen molar-refractivity contribution in [3.63, 3.8) is 0 Å². The van der Waals surface area contributed by atoms with Crippen LogP contribution >= 0.6 is 0 Å². The number of anilines is 1. The normalized spacial score (nSPS) is 12.0. The molecule has 2 aromatic rings. The SMILES string of the molecule is CN(C)S(=O)(=O)c1ccc(N)c(-c2nnn(C)n2)c1. The Labute approximate surface area is 110 Å². The second-order valence-electron chi connectivity index (χ2n) is 4.14. The summed E-state index contributed by atoms with van der Waals surface area (Å²) in [5.74, 6) is 0.288. The summed E-state index contributed by atoms with van der Waals surface area (Å²) in [7, 11) is 1.02. The summed E-state index contributed by atoms with van der Waals surface area (Å²) >= 11 is 0. The molecule has 1 heterocycles. The molecule has 0 radical (unpaired) electrons. The molecule has 2 N–H and O–H groups in total. The highest BCUT2D eigenvalue weighted by Gasteiger charge is 2.20. The van der Waals surface area contributed by atoms with Crippen molar-refractivity contribution in [2.24, 2.45) is 7.05 Å². The van der Waals surface area contributed by atoms with E-state index >= 15 is 0 Å². The summed E-state index contributed by atoms with van der Waals surface area (Å²) in [6, 6.07) is 4.41. The van der Waals surface area contributed by atoms with Gasteiger partial charge in [0.05, 0.1) is 11.9 Å². The molecule has 0 unspecified atom stereocenters. The Hall–Kier alpha value is -2.00. The molecule has 19 heavy (non-hydrogen) atoms. The van der Waals surface area contributed by atoms with E-state index in [0.29, 0.717) is 11.3 Å². The number of benzene rings is 1. The molecule has 1 aromatic heterocycles. The van der Waals surface area contributed by atoms with Crippen molar-refractivity contribution >= 4 is 15.7 Å². The van der Waals surface area contributed by atoms with E-state index in [4.69, 9.17) is 5.73 Å². The minimum Gasteiger partial charge on any atom is -0.398 e. The Balaban J connectivity index is 2.59. The molecule has 0 fully saturated rings. The van der Waals surface area contributed by atoms with Gasteiger partial charge in [-0.15, -0.1) is 10.2 Å². The number of nitrogen functional groups attached to an aromatic ring is 1. The van der Waals surface area contributed by atoms with Crippen LogP contribution in [0.2, 0.25) is 0 Å². The maximum Gasteiger partial charge on any atom is 0.242 e. The van der Waals surface area contributed by atoms with Gasteiger partial charge >= 0.3 is 0 Å². The molecule has 9 heteroatoms. The number of nitrogens with zero attached hydrogens (tertiary/aromatic N) is 5. The average molecular weight is 282 g/mol. The third-order valence-electron chi connectivity index (χ3n) is 2.55. The van der Waals surface area contributed by atoms with Crippen LogP contribution in [-0.4, -0.2) is 47.0 Å². The smallest absolute Gasteiger partial charge is 0.242 e. The van der Waals surface area contributed by atoms with Crippen LogP contribution < -0.4 is 5.73 Å². The standard InChI is InChI=1S/C10H14N6O2S/c1-15(2)19(17,18)7-4-5-9(11)8(6-7)10-12-14-16(3)13-10/h4-6H,11H2,1-3H3. The molecule has 0 spiro atoms. The lowest BCUT2D eigenvalue weighted by molar-refractivity contribution is 0.521. The minimum absolute atomic E-state index is 0.133. The van der Waals surface area contributed by atoms with Crippen molar-refractivity contribution in [3.8, 4) is 11.4 Å². The Morgan fingerprint density at radius 1 is 1.32 bits per heavy atom. The highest BCUT2D eigenvalue weighted by molar-refractivity contribution is 7.89. The van der Waals surface area contributed by atoms with Crippen molar-refractivity contribution < 1.29 is 8.42 Å². The number of sulfonamides is 1. The van der Waals surface area contributed by atoms with Gasteiger partial charge in [0.25, 0.3) is 0 Å². The maximum atomic E-state index is 12.1. The molecule has 0 amide bonds. The number of hydrogen-bond acceptors (Lipinski definition) is 6. The quantitative estimate of drug-likeness (QED) is 0.775. The molecular formula is C10H14N6O2S. The summed E-state index contributed by atoms with van der Waals surface area (Å²) in [4.78, 5) is 1.41. The third-order valence-corrected chi connectivity index (χ3v) is 4.36. The highest BCUT2D eigenvalue weighted by Crippen LogP contribution is 2.26. The number of aromatic nitrogens is 4. The largest absolute Gasteiger partial charge is 0.398 e. The Bertz CT molecular complexity index is 707. The van der Waals surface area contributed by atoms with Gasteiger partial charge in [-0.3, -0.25) is 0 Å². The predicted octanol–water partition coefficient (Wildman–Crippen LogP) is -0.290. The first-order chi connectivity index (χ1) is 8.82. The first-order valence-electron chi connectivity index (χ1n) is 5.39. The molecule has 1 aromatic carbocycles. The third kappa shape index (κ3) is 2.42. The van der Waals surface area contributed by atoms with Crippen molar-refractivity contribution in [2.45, 2.75) is 4.90 Å². The van der Waals surface area contributed by atoms with Crippen molar-refractivity contribution in [3.05, 3.63) is 18.2 Å². The number of nitrogens with two attached hydrogens (primary N) is 1. The van der Waals surface area contributed by atoms with E-state index in [0.717, 1.165) is 4.31 Å². The molecule has 0 saturated heterocycles. The summed E-state index contributed by atoms with van der Waals surface area (Å²) in [6.45, 7) is 0. The summed E-state index contributed by atoms with van der Waals surface area (Å²) < 4.78 is 25.2. The van der Waals surface area contributed by atoms with E-state index < -0.39 is 10.0 Å². The first-order valence-corrected chi connectivity index (χ1v) is 6.83. The van der Waals surface area contributed by atoms with Crippen LogP contribution in [-0.2, 0) is 17.1 Å². The van der Waals surface area contributed by atoms with Gasteiger partial charge in [-0.2, -0.15) is 4.80 Å². The molecule has 8 nitrogen and oxygen atoms in total. The van der Waals surface area contributed by atoms with Gasteiger partial charge in [0.2, 0.25) is 15.8 Å². The van der Waals surface area contributed by atoms with E-state index in [1.807, 2.05) is 0 Å². The lowest BCUT2D eigenvalue weighted by atomic mass is 10.2. The van der Waals surface area contributed by atoms with Crippen LogP contribution in [0.15, 0.2) is 23.1 Å². The lowest BCUT2D eigenvalue weighted by Crippen LogP contribution is -2.22. The van der Waals surface area contributed by atoms with E-state index in [9.17, 15) is 8.42 Å². The number of aryl methyl sites for hydroxylation is 1. The maximum absolute atomic E-state index is 12.1. The zero-order valence-electron chi connectivity index (χ0n) is 10.8. The number of rotatable bonds is 3. The molecule has 0 saturated carbocycles. The molecular weight excluding hydrogens is 268 g/mol. The topological polar surface area (TPSA) is 107 Å². The van der Waals surface area contributed by atoms with Crippen LogP contribution in [0.3, 0.4) is 0 Å². The van der Waals surface area contributed by atoms with E-state index in [2.05, 4.69) is 15.4 Å². The van der Waals surface area contributed by atoms with Crippen LogP contribution in [0.25, 0.3) is 11.4 Å². The fraction of sp³-hybridized carbons (Fsp3) is 0.300. The Morgan fingerprint density at radius 3 is 2.53 bits per heavy atom. The van der Waals surface area contributed by atoms with Crippen molar-refractivity contribution in [1.82, 2.24) is 24.5 Å². The molecule has 102 valence electrons. The molecule has 0 aliphatic carbocycles. The van der Waals surface area contributed by atoms with Crippen molar-refractivity contribution in [1.29, 1.82) is 0 Å². The number of tetrazole rings is 1. The summed E-state index contributed by atoms with van der Waals surface area (Å²) in [5, 5.41) is 11.5. The Morgan fingerprint density at radius 2 is 2.00 bits per heavy atom. The van der Waals surface area contributed by atoms with Crippen LogP contribution in [0.1, 0.15) is 0 Å². The van der Waals surface area contributed by atoms with Crippen LogP contribution in [0, 0.1) is 0 Å². The minimum atomic E-state index is -3.52. The fourth-order valence-corrected chi connectivity index (χ4v) is 2.42. The second kappa shape index (κ2) is 4.59. The fourth-order valence-electron chi connectivity index (χ4n) is 1.49. The van der Waals surface area contributed by atoms with E-state index in [1.165, 1.54) is 37.1 Å². The molecule has 0 aliphatic heterocycles. The van der Waals surface area contributed by atoms with Gasteiger partial charge in [-0.25, -0.2) is 12.7 Å². The van der Waals surface area contributed by atoms with E-state index in [-0.39, 0.29) is 10.7 Å². The van der Waals surface area contributed by atoms with Gasteiger partial charge < -0.3 is 5.73 Å². The second-order valence-corrected chi connectivity index (χ2v) is 6.29. The van der Waals surface area contributed by atoms with Crippen molar-refractivity contribution in [2.75, 3.05) is 19.8 Å². The summed E-state index contributed by atoms with van der Waals surface area (Å²) in [5.41, 5.74) is 6.66. The van der Waals surface area contributed by atoms with Crippen LogP contribution in [0.4, 0.5) is 5.69 Å². The predicted molar refractivity (Wildman–Crippen MR) is 69.5 cm³/mol. The monoisotopic (exact) mass is 282 g/mol. The van der Waals surface area contributed by atoms with Gasteiger partial charge in [0.1, 0.15) is 0 Å². The zero-order valence-corrected chi connectivity index (χ0v) is 11.6. The molecule has 0 aliphatic rings. The van der Waals surface area contributed by atoms with Gasteiger partial charge in [-0.1, -0.05) is 0 Å². The molecule has 0 atom stereocenters. The van der Waals surface area contributed by atoms with Crippen LogP contribution in [0.5, 0.6) is 0 Å².